The molecule has 2 aromatic rings. The van der Waals surface area contributed by atoms with Gasteiger partial charge in [-0.15, -0.1) is 0 Å². The van der Waals surface area contributed by atoms with Crippen LogP contribution in [0.25, 0.3) is 0 Å². The number of hydrogen-bond acceptors (Lipinski definition) is 7. The van der Waals surface area contributed by atoms with Crippen LogP contribution in [0, 0.1) is 0 Å². The Kier molecular flexibility index (Phi) is 3.64. The van der Waals surface area contributed by atoms with Crippen molar-refractivity contribution in [2.75, 3.05) is 35.8 Å². The first kappa shape index (κ1) is 14.7. The predicted molar refractivity (Wildman–Crippen MR) is 90.7 cm³/mol. The Hall–Kier alpha value is -2.90. The minimum atomic E-state index is -0.233. The van der Waals surface area contributed by atoms with E-state index in [4.69, 9.17) is 15.2 Å². The van der Waals surface area contributed by atoms with Crippen LogP contribution in [0.15, 0.2) is 29.1 Å². The Balaban J connectivity index is 1.47. The first-order valence-corrected chi connectivity index (χ1v) is 7.95. The second-order valence-corrected chi connectivity index (χ2v) is 5.99. The molecule has 3 heterocycles. The highest BCUT2D eigenvalue weighted by molar-refractivity contribution is 5.56. The number of anilines is 3. The molecule has 1 aromatic carbocycles. The van der Waals surface area contributed by atoms with E-state index in [-0.39, 0.29) is 24.2 Å². The van der Waals surface area contributed by atoms with Gasteiger partial charge in [-0.05, 0) is 25.0 Å². The Labute approximate surface area is 138 Å². The number of rotatable bonds is 3. The molecule has 0 spiro atoms. The second kappa shape index (κ2) is 5.95. The number of nitrogen functional groups attached to an aromatic ring is 1. The summed E-state index contributed by atoms with van der Waals surface area (Å²) in [5, 5.41) is 3.51. The largest absolute Gasteiger partial charge is 0.454 e. The Morgan fingerprint density at radius 3 is 3.04 bits per heavy atom. The smallest absolute Gasteiger partial charge is 0.254 e. The lowest BCUT2D eigenvalue weighted by Gasteiger charge is -2.34. The monoisotopic (exact) mass is 329 g/mol. The summed E-state index contributed by atoms with van der Waals surface area (Å²) in [6, 6.07) is 7.36. The van der Waals surface area contributed by atoms with Gasteiger partial charge >= 0.3 is 0 Å². The van der Waals surface area contributed by atoms with E-state index >= 15 is 0 Å². The van der Waals surface area contributed by atoms with E-state index in [0.29, 0.717) is 5.95 Å². The Morgan fingerprint density at radius 1 is 1.29 bits per heavy atom. The van der Waals surface area contributed by atoms with E-state index in [2.05, 4.69) is 15.3 Å². The molecule has 1 aromatic heterocycles. The number of nitrogens with zero attached hydrogens (tertiary/aromatic N) is 2. The number of benzene rings is 1. The number of H-pyrrole nitrogens is 1. The van der Waals surface area contributed by atoms with Crippen molar-refractivity contribution in [3.8, 4) is 11.5 Å². The van der Waals surface area contributed by atoms with Crippen molar-refractivity contribution in [1.29, 1.82) is 0 Å². The van der Waals surface area contributed by atoms with Gasteiger partial charge in [-0.1, -0.05) is 0 Å². The number of nitrogens with one attached hydrogen (secondary N) is 2. The van der Waals surface area contributed by atoms with Crippen molar-refractivity contribution in [2.24, 2.45) is 0 Å². The van der Waals surface area contributed by atoms with Gasteiger partial charge in [-0.2, -0.15) is 4.98 Å². The van der Waals surface area contributed by atoms with Gasteiger partial charge in [-0.25, -0.2) is 0 Å². The van der Waals surface area contributed by atoms with E-state index in [0.717, 1.165) is 43.1 Å². The highest BCUT2D eigenvalue weighted by atomic mass is 16.7. The molecule has 8 heteroatoms. The lowest BCUT2D eigenvalue weighted by atomic mass is 10.1. The molecule has 0 amide bonds. The van der Waals surface area contributed by atoms with Gasteiger partial charge in [0.05, 0.1) is 0 Å². The quantitative estimate of drug-likeness (QED) is 0.776. The van der Waals surface area contributed by atoms with E-state index in [9.17, 15) is 4.79 Å². The summed E-state index contributed by atoms with van der Waals surface area (Å²) < 4.78 is 10.7. The molecule has 1 saturated heterocycles. The predicted octanol–water partition coefficient (Wildman–Crippen LogP) is 1.16. The van der Waals surface area contributed by atoms with Crippen LogP contribution in [-0.2, 0) is 0 Å². The lowest BCUT2D eigenvalue weighted by molar-refractivity contribution is 0.174. The van der Waals surface area contributed by atoms with Crippen molar-refractivity contribution < 1.29 is 9.47 Å². The first-order valence-electron chi connectivity index (χ1n) is 7.95. The van der Waals surface area contributed by atoms with Gasteiger partial charge in [0.25, 0.3) is 5.56 Å². The van der Waals surface area contributed by atoms with Gasteiger partial charge in [0.1, 0.15) is 5.82 Å². The van der Waals surface area contributed by atoms with Gasteiger partial charge in [-0.3, -0.25) is 9.78 Å². The fourth-order valence-corrected chi connectivity index (χ4v) is 3.12. The molecule has 24 heavy (non-hydrogen) atoms. The zero-order valence-corrected chi connectivity index (χ0v) is 13.1. The molecular weight excluding hydrogens is 310 g/mol. The molecule has 4 rings (SSSR count). The maximum absolute atomic E-state index is 11.6. The Bertz CT molecular complexity index is 807. The molecule has 2 aliphatic rings. The van der Waals surface area contributed by atoms with Gasteiger partial charge in [0.2, 0.25) is 12.7 Å². The van der Waals surface area contributed by atoms with Crippen molar-refractivity contribution in [2.45, 2.75) is 18.9 Å². The van der Waals surface area contributed by atoms with Crippen LogP contribution in [0.1, 0.15) is 12.8 Å². The maximum Gasteiger partial charge on any atom is 0.254 e. The van der Waals surface area contributed by atoms with E-state index in [1.165, 1.54) is 6.07 Å². The fourth-order valence-electron chi connectivity index (χ4n) is 3.12. The number of fused-ring (bicyclic) bond motifs is 1. The van der Waals surface area contributed by atoms with Crippen molar-refractivity contribution >= 4 is 17.5 Å². The summed E-state index contributed by atoms with van der Waals surface area (Å²) in [5.41, 5.74) is 6.43. The molecule has 1 fully saturated rings. The molecule has 2 aliphatic heterocycles. The number of aromatic nitrogens is 2. The molecular formula is C16H19N5O3. The normalized spacial score (nSPS) is 19.3. The van der Waals surface area contributed by atoms with Gasteiger partial charge < -0.3 is 25.4 Å². The van der Waals surface area contributed by atoms with Crippen LogP contribution >= 0.6 is 0 Å². The third-order valence-corrected chi connectivity index (χ3v) is 4.21. The highest BCUT2D eigenvalue weighted by Crippen LogP contribution is 2.34. The minimum absolute atomic E-state index is 0.233. The number of hydrogen-bond donors (Lipinski definition) is 3. The molecule has 0 radical (unpaired) electrons. The van der Waals surface area contributed by atoms with Crippen LogP contribution in [0.4, 0.5) is 17.5 Å². The van der Waals surface area contributed by atoms with Crippen LogP contribution in [0.3, 0.4) is 0 Å². The molecule has 0 aliphatic carbocycles. The van der Waals surface area contributed by atoms with Crippen LogP contribution < -0.4 is 31.0 Å². The van der Waals surface area contributed by atoms with Crippen LogP contribution in [0.2, 0.25) is 0 Å². The summed E-state index contributed by atoms with van der Waals surface area (Å²) >= 11 is 0. The maximum atomic E-state index is 11.6. The number of ether oxygens (including phenoxy) is 2. The molecule has 0 saturated carbocycles. The second-order valence-electron chi connectivity index (χ2n) is 5.99. The summed E-state index contributed by atoms with van der Waals surface area (Å²) in [7, 11) is 0. The minimum Gasteiger partial charge on any atom is -0.454 e. The van der Waals surface area contributed by atoms with Crippen molar-refractivity contribution in [1.82, 2.24) is 9.97 Å². The number of aromatic amines is 1. The standard InChI is InChI=1S/C16H19N5O3/c17-14-7-15(22)20-16(19-14)21-5-1-2-11(8-21)18-10-3-4-12-13(6-10)24-9-23-12/h3-4,6-7,11,18H,1-2,5,8-9H2,(H3,17,19,20,22). The summed E-state index contributed by atoms with van der Waals surface area (Å²) in [6.45, 7) is 1.84. The molecule has 8 nitrogen and oxygen atoms in total. The summed E-state index contributed by atoms with van der Waals surface area (Å²) in [5.74, 6) is 2.29. The molecule has 4 N–H and O–H groups in total. The number of piperidine rings is 1. The summed E-state index contributed by atoms with van der Waals surface area (Å²) in [4.78, 5) is 20.6. The van der Waals surface area contributed by atoms with Crippen molar-refractivity contribution in [3.63, 3.8) is 0 Å². The third kappa shape index (κ3) is 2.94. The zero-order valence-electron chi connectivity index (χ0n) is 13.1. The average molecular weight is 329 g/mol. The van der Waals surface area contributed by atoms with Crippen molar-refractivity contribution in [3.05, 3.63) is 34.6 Å². The number of nitrogens with two attached hydrogens (primary N) is 1. The lowest BCUT2D eigenvalue weighted by Crippen LogP contribution is -2.43. The summed E-state index contributed by atoms with van der Waals surface area (Å²) in [6.07, 6.45) is 2.04. The Morgan fingerprint density at radius 2 is 2.17 bits per heavy atom. The topological polar surface area (TPSA) is 106 Å². The SMILES string of the molecule is Nc1cc(=O)[nH]c(N2CCCC(Nc3ccc4c(c3)OCO4)C2)n1. The van der Waals surface area contributed by atoms with E-state index in [1.54, 1.807) is 0 Å². The van der Waals surface area contributed by atoms with Crippen LogP contribution in [-0.4, -0.2) is 35.9 Å². The fraction of sp³-hybridized carbons (Fsp3) is 0.375. The molecule has 126 valence electrons. The van der Waals surface area contributed by atoms with E-state index in [1.807, 2.05) is 23.1 Å². The van der Waals surface area contributed by atoms with Gasteiger partial charge in [0.15, 0.2) is 11.5 Å². The highest BCUT2D eigenvalue weighted by Gasteiger charge is 2.22. The molecule has 0 bridgehead atoms. The molecule has 1 atom stereocenters. The van der Waals surface area contributed by atoms with E-state index < -0.39 is 0 Å². The zero-order chi connectivity index (χ0) is 16.5. The molecule has 1 unspecified atom stereocenters. The van der Waals surface area contributed by atoms with Crippen LogP contribution in [0.5, 0.6) is 11.5 Å². The third-order valence-electron chi connectivity index (χ3n) is 4.21. The average Bonchev–Trinajstić information content (AvgIpc) is 3.02. The van der Waals surface area contributed by atoms with Gasteiger partial charge in [0, 0.05) is 37.0 Å². The first-order chi connectivity index (χ1) is 11.7.